The predicted octanol–water partition coefficient (Wildman–Crippen LogP) is 1.04. The van der Waals surface area contributed by atoms with E-state index < -0.39 is 0 Å². The van der Waals surface area contributed by atoms with Gasteiger partial charge in [-0.05, 0) is 26.2 Å². The van der Waals surface area contributed by atoms with Crippen LogP contribution in [0.1, 0.15) is 25.0 Å². The largest absolute Gasteiger partial charge is 0.471 e. The van der Waals surface area contributed by atoms with Gasteiger partial charge in [-0.2, -0.15) is 0 Å². The maximum absolute atomic E-state index is 5.90. The molecule has 0 saturated heterocycles. The molecule has 1 aromatic heterocycles. The number of ether oxygens (including phenoxy) is 1. The highest BCUT2D eigenvalue weighted by atomic mass is 16.5. The second kappa shape index (κ2) is 3.92. The average molecular weight is 193 g/mol. The molecule has 0 aliphatic heterocycles. The Hall–Kier alpha value is -1.16. The summed E-state index contributed by atoms with van der Waals surface area (Å²) in [6.45, 7) is 1.89. The van der Waals surface area contributed by atoms with Crippen molar-refractivity contribution in [2.75, 3.05) is 0 Å². The number of rotatable bonds is 2. The molecule has 0 amide bonds. The summed E-state index contributed by atoms with van der Waals surface area (Å²) < 4.78 is 5.72. The van der Waals surface area contributed by atoms with Gasteiger partial charge in [0.05, 0.1) is 5.69 Å². The van der Waals surface area contributed by atoms with Crippen molar-refractivity contribution < 1.29 is 4.74 Å². The second-order valence-corrected chi connectivity index (χ2v) is 3.70. The minimum absolute atomic E-state index is 0.116. The topological polar surface area (TPSA) is 61.0 Å². The lowest BCUT2D eigenvalue weighted by Gasteiger charge is -2.17. The first-order valence-corrected chi connectivity index (χ1v) is 4.97. The van der Waals surface area contributed by atoms with Crippen LogP contribution in [0.25, 0.3) is 0 Å². The predicted molar refractivity (Wildman–Crippen MR) is 53.0 cm³/mol. The number of nitrogens with zero attached hydrogens (tertiary/aromatic N) is 2. The van der Waals surface area contributed by atoms with Gasteiger partial charge in [-0.1, -0.05) is 0 Å². The SMILES string of the molecule is Cc1nccnc1O[C@@H]1CCC[C@H]1N. The van der Waals surface area contributed by atoms with Crippen molar-refractivity contribution in [3.05, 3.63) is 18.1 Å². The van der Waals surface area contributed by atoms with Crippen LogP contribution in [0.2, 0.25) is 0 Å². The van der Waals surface area contributed by atoms with Crippen molar-refractivity contribution in [2.45, 2.75) is 38.3 Å². The van der Waals surface area contributed by atoms with Gasteiger partial charge < -0.3 is 10.5 Å². The van der Waals surface area contributed by atoms with Crippen LogP contribution in [0.4, 0.5) is 0 Å². The lowest BCUT2D eigenvalue weighted by molar-refractivity contribution is 0.181. The molecule has 0 unspecified atom stereocenters. The van der Waals surface area contributed by atoms with Crippen LogP contribution in [0, 0.1) is 6.92 Å². The molecule has 1 heterocycles. The van der Waals surface area contributed by atoms with E-state index in [1.165, 1.54) is 0 Å². The number of nitrogens with two attached hydrogens (primary N) is 1. The highest BCUT2D eigenvalue weighted by Crippen LogP contribution is 2.23. The summed E-state index contributed by atoms with van der Waals surface area (Å²) in [5, 5.41) is 0. The Labute approximate surface area is 83.5 Å². The van der Waals surface area contributed by atoms with E-state index in [2.05, 4.69) is 9.97 Å². The third-order valence-electron chi connectivity index (χ3n) is 2.60. The molecule has 0 radical (unpaired) electrons. The van der Waals surface area contributed by atoms with E-state index in [4.69, 9.17) is 10.5 Å². The first-order valence-electron chi connectivity index (χ1n) is 4.97. The van der Waals surface area contributed by atoms with Gasteiger partial charge in [-0.25, -0.2) is 4.98 Å². The molecule has 1 aromatic rings. The van der Waals surface area contributed by atoms with Crippen molar-refractivity contribution in [2.24, 2.45) is 5.73 Å². The van der Waals surface area contributed by atoms with Crippen LogP contribution in [0.3, 0.4) is 0 Å². The van der Waals surface area contributed by atoms with Crippen LogP contribution in [0.15, 0.2) is 12.4 Å². The first kappa shape index (κ1) is 9.40. The number of aryl methyl sites for hydroxylation is 1. The fraction of sp³-hybridized carbons (Fsp3) is 0.600. The van der Waals surface area contributed by atoms with E-state index in [0.717, 1.165) is 25.0 Å². The summed E-state index contributed by atoms with van der Waals surface area (Å²) in [4.78, 5) is 8.25. The summed E-state index contributed by atoms with van der Waals surface area (Å²) >= 11 is 0. The Morgan fingerprint density at radius 1 is 1.36 bits per heavy atom. The van der Waals surface area contributed by atoms with Crippen LogP contribution < -0.4 is 10.5 Å². The van der Waals surface area contributed by atoms with Crippen molar-refractivity contribution in [1.82, 2.24) is 9.97 Å². The monoisotopic (exact) mass is 193 g/mol. The molecule has 1 saturated carbocycles. The molecular formula is C10H15N3O. The standard InChI is InChI=1S/C10H15N3O/c1-7-10(13-6-5-12-7)14-9-4-2-3-8(9)11/h5-6,8-9H,2-4,11H2,1H3/t8-,9-/m1/s1. The third kappa shape index (κ3) is 1.85. The van der Waals surface area contributed by atoms with Gasteiger partial charge in [0.25, 0.3) is 0 Å². The molecule has 2 rings (SSSR count). The molecular weight excluding hydrogens is 178 g/mol. The minimum Gasteiger partial charge on any atom is -0.471 e. The summed E-state index contributed by atoms with van der Waals surface area (Å²) in [7, 11) is 0. The van der Waals surface area contributed by atoms with Crippen LogP contribution in [-0.2, 0) is 0 Å². The van der Waals surface area contributed by atoms with Crippen LogP contribution >= 0.6 is 0 Å². The molecule has 4 nitrogen and oxygen atoms in total. The Morgan fingerprint density at radius 3 is 2.79 bits per heavy atom. The average Bonchev–Trinajstić information content (AvgIpc) is 2.56. The molecule has 4 heteroatoms. The molecule has 0 aromatic carbocycles. The molecule has 1 aliphatic rings. The molecule has 14 heavy (non-hydrogen) atoms. The first-order chi connectivity index (χ1) is 6.77. The fourth-order valence-electron chi connectivity index (χ4n) is 1.75. The molecule has 2 atom stereocenters. The van der Waals surface area contributed by atoms with E-state index in [-0.39, 0.29) is 12.1 Å². The van der Waals surface area contributed by atoms with Crippen molar-refractivity contribution in [3.63, 3.8) is 0 Å². The van der Waals surface area contributed by atoms with Gasteiger partial charge in [0, 0.05) is 18.4 Å². The summed E-state index contributed by atoms with van der Waals surface area (Å²) in [5.74, 6) is 0.620. The Bertz CT molecular complexity index is 316. The van der Waals surface area contributed by atoms with Gasteiger partial charge in [-0.15, -0.1) is 0 Å². The van der Waals surface area contributed by atoms with Gasteiger partial charge in [0.1, 0.15) is 6.10 Å². The Balaban J connectivity index is 2.07. The second-order valence-electron chi connectivity index (χ2n) is 3.70. The van der Waals surface area contributed by atoms with E-state index in [1.807, 2.05) is 6.92 Å². The third-order valence-corrected chi connectivity index (χ3v) is 2.60. The maximum atomic E-state index is 5.90. The van der Waals surface area contributed by atoms with Crippen molar-refractivity contribution in [3.8, 4) is 5.88 Å². The zero-order chi connectivity index (χ0) is 9.97. The van der Waals surface area contributed by atoms with Crippen LogP contribution in [0.5, 0.6) is 5.88 Å². The highest BCUT2D eigenvalue weighted by Gasteiger charge is 2.26. The van der Waals surface area contributed by atoms with E-state index in [9.17, 15) is 0 Å². The smallest absolute Gasteiger partial charge is 0.235 e. The lowest BCUT2D eigenvalue weighted by Crippen LogP contribution is -2.34. The molecule has 76 valence electrons. The van der Waals surface area contributed by atoms with Gasteiger partial charge >= 0.3 is 0 Å². The van der Waals surface area contributed by atoms with Gasteiger partial charge in [-0.3, -0.25) is 4.98 Å². The Kier molecular flexibility index (Phi) is 2.63. The number of hydrogen-bond acceptors (Lipinski definition) is 4. The molecule has 1 fully saturated rings. The quantitative estimate of drug-likeness (QED) is 0.762. The molecule has 0 spiro atoms. The van der Waals surface area contributed by atoms with Crippen LogP contribution in [-0.4, -0.2) is 22.1 Å². The maximum Gasteiger partial charge on any atom is 0.235 e. The summed E-state index contributed by atoms with van der Waals surface area (Å²) in [6.07, 6.45) is 6.64. The van der Waals surface area contributed by atoms with Gasteiger partial charge in [0.15, 0.2) is 0 Å². The number of hydrogen-bond donors (Lipinski definition) is 1. The highest BCUT2D eigenvalue weighted by molar-refractivity contribution is 5.15. The van der Waals surface area contributed by atoms with E-state index >= 15 is 0 Å². The summed E-state index contributed by atoms with van der Waals surface area (Å²) in [5.41, 5.74) is 6.73. The lowest BCUT2D eigenvalue weighted by atomic mass is 10.2. The zero-order valence-corrected chi connectivity index (χ0v) is 8.31. The van der Waals surface area contributed by atoms with Crippen molar-refractivity contribution in [1.29, 1.82) is 0 Å². The fourth-order valence-corrected chi connectivity index (χ4v) is 1.75. The molecule has 0 bridgehead atoms. The van der Waals surface area contributed by atoms with Crippen molar-refractivity contribution >= 4 is 0 Å². The number of aromatic nitrogens is 2. The Morgan fingerprint density at radius 2 is 2.14 bits per heavy atom. The zero-order valence-electron chi connectivity index (χ0n) is 8.31. The van der Waals surface area contributed by atoms with Gasteiger partial charge in [0.2, 0.25) is 5.88 Å². The molecule has 2 N–H and O–H groups in total. The molecule has 1 aliphatic carbocycles. The van der Waals surface area contributed by atoms with E-state index in [1.54, 1.807) is 12.4 Å². The van der Waals surface area contributed by atoms with E-state index in [0.29, 0.717) is 5.88 Å². The summed E-state index contributed by atoms with van der Waals surface area (Å²) in [6, 6.07) is 0.149. The minimum atomic E-state index is 0.116. The normalized spacial score (nSPS) is 26.4.